The van der Waals surface area contributed by atoms with Crippen LogP contribution in [0.4, 0.5) is 0 Å². The maximum atomic E-state index is 10.3. The first-order valence-corrected chi connectivity index (χ1v) is 6.51. The third-order valence-corrected chi connectivity index (χ3v) is 2.95. The predicted molar refractivity (Wildman–Crippen MR) is 66.2 cm³/mol. The van der Waals surface area contributed by atoms with Crippen molar-refractivity contribution in [2.24, 2.45) is 0 Å². The monoisotopic (exact) mass is 244 g/mol. The van der Waals surface area contributed by atoms with E-state index in [1.807, 2.05) is 0 Å². The SMILES string of the molecule is O=C(O)CCCCCNCCN1CCOCC1. The second-order valence-corrected chi connectivity index (χ2v) is 4.41. The number of rotatable bonds is 9. The number of carboxylic acid groups (broad SMARTS) is 1. The van der Waals surface area contributed by atoms with Crippen LogP contribution in [0.25, 0.3) is 0 Å². The van der Waals surface area contributed by atoms with Crippen LogP contribution in [-0.4, -0.2) is 61.9 Å². The Morgan fingerprint density at radius 3 is 2.65 bits per heavy atom. The van der Waals surface area contributed by atoms with Gasteiger partial charge < -0.3 is 15.2 Å². The highest BCUT2D eigenvalue weighted by molar-refractivity contribution is 5.66. The van der Waals surface area contributed by atoms with Crippen LogP contribution in [0, 0.1) is 0 Å². The van der Waals surface area contributed by atoms with Crippen LogP contribution in [0.5, 0.6) is 0 Å². The number of aliphatic carboxylic acids is 1. The summed E-state index contributed by atoms with van der Waals surface area (Å²) in [5, 5.41) is 11.9. The second-order valence-electron chi connectivity index (χ2n) is 4.41. The summed E-state index contributed by atoms with van der Waals surface area (Å²) in [4.78, 5) is 12.7. The van der Waals surface area contributed by atoms with Crippen LogP contribution in [-0.2, 0) is 9.53 Å². The highest BCUT2D eigenvalue weighted by Crippen LogP contribution is 1.98. The van der Waals surface area contributed by atoms with E-state index in [0.29, 0.717) is 6.42 Å². The molecular weight excluding hydrogens is 220 g/mol. The highest BCUT2D eigenvalue weighted by Gasteiger charge is 2.08. The van der Waals surface area contributed by atoms with Crippen molar-refractivity contribution in [3.63, 3.8) is 0 Å². The molecule has 0 saturated carbocycles. The summed E-state index contributed by atoms with van der Waals surface area (Å²) in [6.45, 7) is 6.88. The molecule has 1 saturated heterocycles. The van der Waals surface area contributed by atoms with Gasteiger partial charge in [-0.1, -0.05) is 6.42 Å². The van der Waals surface area contributed by atoms with Gasteiger partial charge >= 0.3 is 5.97 Å². The zero-order valence-corrected chi connectivity index (χ0v) is 10.5. The topological polar surface area (TPSA) is 61.8 Å². The average molecular weight is 244 g/mol. The van der Waals surface area contributed by atoms with Gasteiger partial charge in [0.1, 0.15) is 0 Å². The minimum absolute atomic E-state index is 0.299. The Kier molecular flexibility index (Phi) is 7.96. The summed E-state index contributed by atoms with van der Waals surface area (Å²) >= 11 is 0. The van der Waals surface area contributed by atoms with Gasteiger partial charge in [-0.3, -0.25) is 9.69 Å². The highest BCUT2D eigenvalue weighted by atomic mass is 16.5. The number of nitrogens with zero attached hydrogens (tertiary/aromatic N) is 1. The van der Waals surface area contributed by atoms with Crippen molar-refractivity contribution in [3.8, 4) is 0 Å². The van der Waals surface area contributed by atoms with Crippen LogP contribution in [0.2, 0.25) is 0 Å². The molecule has 100 valence electrons. The Hall–Kier alpha value is -0.650. The number of hydrogen-bond acceptors (Lipinski definition) is 4. The number of nitrogens with one attached hydrogen (secondary N) is 1. The Morgan fingerprint density at radius 1 is 1.18 bits per heavy atom. The standard InChI is InChI=1S/C12H24N2O3/c15-12(16)4-2-1-3-5-13-6-7-14-8-10-17-11-9-14/h13H,1-11H2,(H,15,16). The summed E-state index contributed by atoms with van der Waals surface area (Å²) in [6.07, 6.45) is 3.15. The van der Waals surface area contributed by atoms with Crippen molar-refractivity contribution in [2.75, 3.05) is 45.9 Å². The van der Waals surface area contributed by atoms with Gasteiger partial charge in [-0.15, -0.1) is 0 Å². The molecule has 1 aliphatic rings. The largest absolute Gasteiger partial charge is 0.481 e. The molecule has 5 nitrogen and oxygen atoms in total. The van der Waals surface area contributed by atoms with Crippen molar-refractivity contribution >= 4 is 5.97 Å². The van der Waals surface area contributed by atoms with E-state index in [0.717, 1.165) is 65.2 Å². The fourth-order valence-corrected chi connectivity index (χ4v) is 1.89. The van der Waals surface area contributed by atoms with Gasteiger partial charge in [0.25, 0.3) is 0 Å². The maximum Gasteiger partial charge on any atom is 0.303 e. The van der Waals surface area contributed by atoms with E-state index < -0.39 is 5.97 Å². The molecule has 0 unspecified atom stereocenters. The maximum absolute atomic E-state index is 10.3. The van der Waals surface area contributed by atoms with Crippen LogP contribution in [0.15, 0.2) is 0 Å². The van der Waals surface area contributed by atoms with Crippen LogP contribution in [0.3, 0.4) is 0 Å². The molecule has 0 aromatic heterocycles. The average Bonchev–Trinajstić information content (AvgIpc) is 2.33. The summed E-state index contributed by atoms with van der Waals surface area (Å²) in [5.74, 6) is -0.690. The molecule has 0 amide bonds. The third kappa shape index (κ3) is 8.12. The molecule has 0 aromatic carbocycles. The number of carboxylic acids is 1. The van der Waals surface area contributed by atoms with Gasteiger partial charge in [0, 0.05) is 32.6 Å². The van der Waals surface area contributed by atoms with E-state index in [4.69, 9.17) is 9.84 Å². The first kappa shape index (κ1) is 14.4. The lowest BCUT2D eigenvalue weighted by Gasteiger charge is -2.26. The normalized spacial score (nSPS) is 17.2. The third-order valence-electron chi connectivity index (χ3n) is 2.95. The summed E-state index contributed by atoms with van der Waals surface area (Å²) < 4.78 is 5.28. The van der Waals surface area contributed by atoms with Crippen LogP contribution < -0.4 is 5.32 Å². The molecule has 1 fully saturated rings. The van der Waals surface area contributed by atoms with Crippen molar-refractivity contribution in [1.82, 2.24) is 10.2 Å². The van der Waals surface area contributed by atoms with E-state index in [1.165, 1.54) is 0 Å². The molecule has 0 bridgehead atoms. The van der Waals surface area contributed by atoms with Gasteiger partial charge in [0.2, 0.25) is 0 Å². The lowest BCUT2D eigenvalue weighted by molar-refractivity contribution is -0.137. The number of carbonyl (C=O) groups is 1. The summed E-state index contributed by atoms with van der Waals surface area (Å²) in [5.41, 5.74) is 0. The zero-order valence-electron chi connectivity index (χ0n) is 10.5. The molecule has 5 heteroatoms. The number of hydrogen-bond donors (Lipinski definition) is 2. The fourth-order valence-electron chi connectivity index (χ4n) is 1.89. The van der Waals surface area contributed by atoms with Crippen molar-refractivity contribution in [1.29, 1.82) is 0 Å². The van der Waals surface area contributed by atoms with E-state index in [2.05, 4.69) is 10.2 Å². The van der Waals surface area contributed by atoms with Crippen molar-refractivity contribution < 1.29 is 14.6 Å². The van der Waals surface area contributed by atoms with Crippen LogP contribution >= 0.6 is 0 Å². The quantitative estimate of drug-likeness (QED) is 0.580. The van der Waals surface area contributed by atoms with E-state index in [9.17, 15) is 4.79 Å². The van der Waals surface area contributed by atoms with E-state index >= 15 is 0 Å². The molecule has 0 aliphatic carbocycles. The number of ether oxygens (including phenoxy) is 1. The molecule has 0 spiro atoms. The smallest absolute Gasteiger partial charge is 0.303 e. The second kappa shape index (κ2) is 9.39. The molecule has 2 N–H and O–H groups in total. The first-order valence-electron chi connectivity index (χ1n) is 6.51. The van der Waals surface area contributed by atoms with Crippen molar-refractivity contribution in [2.45, 2.75) is 25.7 Å². The van der Waals surface area contributed by atoms with Crippen molar-refractivity contribution in [3.05, 3.63) is 0 Å². The molecular formula is C12H24N2O3. The Labute approximate surface area is 103 Å². The predicted octanol–water partition coefficient (Wildman–Crippen LogP) is 0.553. The van der Waals surface area contributed by atoms with Crippen LogP contribution in [0.1, 0.15) is 25.7 Å². The summed E-state index contributed by atoms with van der Waals surface area (Å²) in [6, 6.07) is 0. The molecule has 1 heterocycles. The lowest BCUT2D eigenvalue weighted by Crippen LogP contribution is -2.40. The van der Waals surface area contributed by atoms with E-state index in [1.54, 1.807) is 0 Å². The van der Waals surface area contributed by atoms with Gasteiger partial charge in [-0.05, 0) is 19.4 Å². The molecule has 1 rings (SSSR count). The molecule has 0 radical (unpaired) electrons. The first-order chi connectivity index (χ1) is 8.29. The zero-order chi connectivity index (χ0) is 12.3. The lowest BCUT2D eigenvalue weighted by atomic mass is 10.2. The Balaban J connectivity index is 1.79. The minimum atomic E-state index is -0.690. The van der Waals surface area contributed by atoms with Gasteiger partial charge in [-0.2, -0.15) is 0 Å². The molecule has 0 aromatic rings. The molecule has 1 aliphatic heterocycles. The minimum Gasteiger partial charge on any atom is -0.481 e. The number of morpholine rings is 1. The molecule has 17 heavy (non-hydrogen) atoms. The fraction of sp³-hybridized carbons (Fsp3) is 0.917. The Morgan fingerprint density at radius 2 is 1.94 bits per heavy atom. The van der Waals surface area contributed by atoms with Gasteiger partial charge in [0.15, 0.2) is 0 Å². The van der Waals surface area contributed by atoms with Gasteiger partial charge in [0.05, 0.1) is 13.2 Å². The van der Waals surface area contributed by atoms with E-state index in [-0.39, 0.29) is 0 Å². The van der Waals surface area contributed by atoms with Gasteiger partial charge in [-0.25, -0.2) is 0 Å². The Bertz CT molecular complexity index is 206. The summed E-state index contributed by atoms with van der Waals surface area (Å²) in [7, 11) is 0. The number of unbranched alkanes of at least 4 members (excludes halogenated alkanes) is 2. The molecule has 0 atom stereocenters.